The summed E-state index contributed by atoms with van der Waals surface area (Å²) in [5, 5.41) is 0. The summed E-state index contributed by atoms with van der Waals surface area (Å²) in [6.45, 7) is 8.17. The molecule has 3 nitrogen and oxygen atoms in total. The van der Waals surface area contributed by atoms with Crippen LogP contribution >= 0.6 is 0 Å². The summed E-state index contributed by atoms with van der Waals surface area (Å²) in [4.78, 5) is 4.56. The van der Waals surface area contributed by atoms with E-state index in [2.05, 4.69) is 67.2 Å². The highest BCUT2D eigenvalue weighted by Crippen LogP contribution is 2.24. The molecule has 0 spiro atoms. The quantitative estimate of drug-likeness (QED) is 0.848. The first-order chi connectivity index (χ1) is 8.00. The largest absolute Gasteiger partial charge is 0.353 e. The summed E-state index contributed by atoms with van der Waals surface area (Å²) in [6.07, 6.45) is 4.28. The first-order valence-corrected chi connectivity index (χ1v) is 6.01. The summed E-state index contributed by atoms with van der Waals surface area (Å²) >= 11 is 0. The molecule has 0 saturated heterocycles. The molecule has 92 valence electrons. The van der Waals surface area contributed by atoms with Crippen molar-refractivity contribution in [2.24, 2.45) is 5.73 Å². The van der Waals surface area contributed by atoms with E-state index in [-0.39, 0.29) is 5.54 Å². The van der Waals surface area contributed by atoms with Gasteiger partial charge in [0.15, 0.2) is 0 Å². The van der Waals surface area contributed by atoms with Crippen molar-refractivity contribution in [3.05, 3.63) is 42.2 Å². The molecule has 1 aromatic rings. The van der Waals surface area contributed by atoms with Gasteiger partial charge in [-0.1, -0.05) is 12.1 Å². The first-order valence-electron chi connectivity index (χ1n) is 6.01. The summed E-state index contributed by atoms with van der Waals surface area (Å²) in [5.41, 5.74) is 8.15. The lowest BCUT2D eigenvalue weighted by atomic mass is 10.1. The van der Waals surface area contributed by atoms with Gasteiger partial charge in [-0.05, 0) is 38.5 Å². The smallest absolute Gasteiger partial charge is 0.0946 e. The van der Waals surface area contributed by atoms with Crippen molar-refractivity contribution < 1.29 is 0 Å². The van der Waals surface area contributed by atoms with Gasteiger partial charge in [0, 0.05) is 30.2 Å². The monoisotopic (exact) mass is 231 g/mol. The maximum absolute atomic E-state index is 5.60. The standard InChI is InChI=1S/C14H21N3/c1-14(2,3)17-9-8-16(11-17)13-6-4-12(10-15)5-7-13/h4-9H,10-11,15H2,1-3H3. The van der Waals surface area contributed by atoms with E-state index < -0.39 is 0 Å². The Morgan fingerprint density at radius 2 is 1.76 bits per heavy atom. The Labute approximate surface area is 104 Å². The molecule has 0 radical (unpaired) electrons. The first kappa shape index (κ1) is 12.0. The summed E-state index contributed by atoms with van der Waals surface area (Å²) in [5.74, 6) is 0. The Bertz CT molecular complexity index is 400. The van der Waals surface area contributed by atoms with E-state index in [1.807, 2.05) is 0 Å². The molecule has 2 N–H and O–H groups in total. The van der Waals surface area contributed by atoms with Crippen LogP contribution in [-0.4, -0.2) is 17.1 Å². The van der Waals surface area contributed by atoms with Crippen molar-refractivity contribution in [3.8, 4) is 0 Å². The Balaban J connectivity index is 2.08. The van der Waals surface area contributed by atoms with Crippen LogP contribution in [0.4, 0.5) is 5.69 Å². The molecule has 0 amide bonds. The molecule has 0 fully saturated rings. The number of hydrogen-bond donors (Lipinski definition) is 1. The van der Waals surface area contributed by atoms with Crippen LogP contribution in [0.5, 0.6) is 0 Å². The van der Waals surface area contributed by atoms with Crippen LogP contribution in [-0.2, 0) is 6.54 Å². The minimum atomic E-state index is 0.169. The van der Waals surface area contributed by atoms with Gasteiger partial charge >= 0.3 is 0 Å². The van der Waals surface area contributed by atoms with Gasteiger partial charge < -0.3 is 15.5 Å². The van der Waals surface area contributed by atoms with Crippen LogP contribution < -0.4 is 10.6 Å². The number of anilines is 1. The number of benzene rings is 1. The van der Waals surface area contributed by atoms with E-state index in [4.69, 9.17) is 5.73 Å². The minimum absolute atomic E-state index is 0.169. The average molecular weight is 231 g/mol. The maximum atomic E-state index is 5.60. The van der Waals surface area contributed by atoms with Crippen LogP contribution in [0.1, 0.15) is 26.3 Å². The van der Waals surface area contributed by atoms with Gasteiger partial charge in [0.1, 0.15) is 0 Å². The molecular weight excluding hydrogens is 210 g/mol. The van der Waals surface area contributed by atoms with Gasteiger partial charge in [0.2, 0.25) is 0 Å². The highest BCUT2D eigenvalue weighted by atomic mass is 15.4. The van der Waals surface area contributed by atoms with Crippen LogP contribution in [0.3, 0.4) is 0 Å². The van der Waals surface area contributed by atoms with Crippen molar-refractivity contribution in [2.75, 3.05) is 11.6 Å². The lowest BCUT2D eigenvalue weighted by Crippen LogP contribution is -2.39. The van der Waals surface area contributed by atoms with E-state index in [1.54, 1.807) is 0 Å². The molecule has 1 aliphatic rings. The fourth-order valence-corrected chi connectivity index (χ4v) is 1.85. The van der Waals surface area contributed by atoms with Gasteiger partial charge in [-0.3, -0.25) is 0 Å². The van der Waals surface area contributed by atoms with Gasteiger partial charge in [-0.25, -0.2) is 0 Å². The number of nitrogens with zero attached hydrogens (tertiary/aromatic N) is 2. The molecule has 1 heterocycles. The van der Waals surface area contributed by atoms with Crippen molar-refractivity contribution >= 4 is 5.69 Å². The second-order valence-electron chi connectivity index (χ2n) is 5.42. The minimum Gasteiger partial charge on any atom is -0.353 e. The van der Waals surface area contributed by atoms with Gasteiger partial charge in [0.25, 0.3) is 0 Å². The van der Waals surface area contributed by atoms with Crippen molar-refractivity contribution in [2.45, 2.75) is 32.9 Å². The van der Waals surface area contributed by atoms with Crippen LogP contribution in [0.25, 0.3) is 0 Å². The predicted octanol–water partition coefficient (Wildman–Crippen LogP) is 2.49. The number of hydrogen-bond acceptors (Lipinski definition) is 3. The van der Waals surface area contributed by atoms with Gasteiger partial charge in [0.05, 0.1) is 6.67 Å². The van der Waals surface area contributed by atoms with E-state index in [0.29, 0.717) is 6.54 Å². The Kier molecular flexibility index (Phi) is 3.11. The number of nitrogens with two attached hydrogens (primary N) is 1. The zero-order valence-corrected chi connectivity index (χ0v) is 10.9. The van der Waals surface area contributed by atoms with Crippen LogP contribution in [0.2, 0.25) is 0 Å². The Morgan fingerprint density at radius 3 is 2.24 bits per heavy atom. The highest BCUT2D eigenvalue weighted by molar-refractivity contribution is 5.51. The summed E-state index contributed by atoms with van der Waals surface area (Å²) in [6, 6.07) is 8.42. The fourth-order valence-electron chi connectivity index (χ4n) is 1.85. The predicted molar refractivity (Wildman–Crippen MR) is 72.4 cm³/mol. The summed E-state index contributed by atoms with van der Waals surface area (Å²) in [7, 11) is 0. The fraction of sp³-hybridized carbons (Fsp3) is 0.429. The van der Waals surface area contributed by atoms with Crippen molar-refractivity contribution in [3.63, 3.8) is 0 Å². The molecule has 0 saturated carbocycles. The van der Waals surface area contributed by atoms with Crippen molar-refractivity contribution in [1.29, 1.82) is 0 Å². The van der Waals surface area contributed by atoms with E-state index in [1.165, 1.54) is 11.3 Å². The molecule has 0 unspecified atom stereocenters. The molecule has 1 aromatic carbocycles. The molecule has 0 bridgehead atoms. The van der Waals surface area contributed by atoms with E-state index in [9.17, 15) is 0 Å². The van der Waals surface area contributed by atoms with E-state index >= 15 is 0 Å². The number of rotatable bonds is 2. The second kappa shape index (κ2) is 4.41. The molecule has 1 aliphatic heterocycles. The van der Waals surface area contributed by atoms with Crippen molar-refractivity contribution in [1.82, 2.24) is 4.90 Å². The molecular formula is C14H21N3. The van der Waals surface area contributed by atoms with Gasteiger partial charge in [-0.2, -0.15) is 0 Å². The molecule has 2 rings (SSSR count). The second-order valence-corrected chi connectivity index (χ2v) is 5.42. The molecule has 0 aliphatic carbocycles. The Morgan fingerprint density at radius 1 is 1.12 bits per heavy atom. The molecule has 3 heteroatoms. The van der Waals surface area contributed by atoms with Gasteiger partial charge in [-0.15, -0.1) is 0 Å². The van der Waals surface area contributed by atoms with Crippen LogP contribution in [0.15, 0.2) is 36.7 Å². The zero-order valence-electron chi connectivity index (χ0n) is 10.9. The Hall–Kier alpha value is -1.48. The maximum Gasteiger partial charge on any atom is 0.0946 e. The van der Waals surface area contributed by atoms with E-state index in [0.717, 1.165) is 6.67 Å². The molecule has 17 heavy (non-hydrogen) atoms. The highest BCUT2D eigenvalue weighted by Gasteiger charge is 2.23. The SMILES string of the molecule is CC(C)(C)N1C=CN(c2ccc(CN)cc2)C1. The topological polar surface area (TPSA) is 32.5 Å². The summed E-state index contributed by atoms with van der Waals surface area (Å²) < 4.78 is 0. The third-order valence-electron chi connectivity index (χ3n) is 3.10. The third-order valence-corrected chi connectivity index (χ3v) is 3.10. The average Bonchev–Trinajstić information content (AvgIpc) is 2.78. The molecule has 0 atom stereocenters. The molecule has 0 aromatic heterocycles. The lowest BCUT2D eigenvalue weighted by molar-refractivity contribution is 0.223. The third kappa shape index (κ3) is 2.61. The zero-order chi connectivity index (χ0) is 12.5. The normalized spacial score (nSPS) is 15.8. The lowest BCUT2D eigenvalue weighted by Gasteiger charge is -2.33. The van der Waals surface area contributed by atoms with Crippen LogP contribution in [0, 0.1) is 0 Å².